The van der Waals surface area contributed by atoms with Crippen molar-refractivity contribution in [3.8, 4) is 0 Å². The Hall–Kier alpha value is -4.05. The Labute approximate surface area is 204 Å². The topological polar surface area (TPSA) is 202 Å². The molecule has 0 aromatic heterocycles. The van der Waals surface area contributed by atoms with E-state index in [1.807, 2.05) is 0 Å². The minimum Gasteiger partial charge on any atom is -0.465 e. The average molecular weight is 539 g/mol. The number of nitrogens with one attached hydrogen (secondary N) is 2. The molecule has 0 atom stereocenters. The minimum atomic E-state index is -4.93. The van der Waals surface area contributed by atoms with Crippen molar-refractivity contribution in [2.75, 3.05) is 24.9 Å². The molecule has 3 aromatic carbocycles. The molecule has 0 aliphatic carbocycles. The number of methoxy groups -OCH3 is 2. The molecule has 0 bridgehead atoms. The number of esters is 2. The van der Waals surface area contributed by atoms with Gasteiger partial charge in [-0.25, -0.2) is 14.4 Å². The van der Waals surface area contributed by atoms with E-state index in [1.54, 1.807) is 0 Å². The lowest BCUT2D eigenvalue weighted by atomic mass is 10.1. The van der Waals surface area contributed by atoms with Crippen molar-refractivity contribution in [1.82, 2.24) is 0 Å². The van der Waals surface area contributed by atoms with Gasteiger partial charge in [0.05, 0.1) is 35.9 Å². The molecule has 0 radical (unpaired) electrons. The largest absolute Gasteiger partial charge is 0.465 e. The zero-order valence-electron chi connectivity index (χ0n) is 18.5. The summed E-state index contributed by atoms with van der Waals surface area (Å²) in [6.45, 7) is 0. The van der Waals surface area contributed by atoms with Gasteiger partial charge in [0.25, 0.3) is 20.2 Å². The van der Waals surface area contributed by atoms with Crippen LogP contribution in [0, 0.1) is 0 Å². The summed E-state index contributed by atoms with van der Waals surface area (Å²) in [5.41, 5.74) is -0.125. The molecule has 36 heavy (non-hydrogen) atoms. The highest BCUT2D eigenvalue weighted by molar-refractivity contribution is 7.86. The number of benzene rings is 3. The third-order valence-electron chi connectivity index (χ3n) is 4.82. The van der Waals surface area contributed by atoms with Gasteiger partial charge >= 0.3 is 18.0 Å². The van der Waals surface area contributed by atoms with Gasteiger partial charge in [0.1, 0.15) is 4.90 Å². The van der Waals surface area contributed by atoms with Gasteiger partial charge in [-0.1, -0.05) is 6.07 Å². The number of ether oxygens (including phenoxy) is 2. The van der Waals surface area contributed by atoms with E-state index in [-0.39, 0.29) is 33.3 Å². The quantitative estimate of drug-likeness (QED) is 0.265. The molecular weight excluding hydrogens is 520 g/mol. The van der Waals surface area contributed by atoms with E-state index in [2.05, 4.69) is 20.1 Å². The summed E-state index contributed by atoms with van der Waals surface area (Å²) in [7, 11) is -7.46. The first-order valence-corrected chi connectivity index (χ1v) is 12.5. The molecule has 0 aliphatic rings. The molecule has 0 saturated carbocycles. The fourth-order valence-electron chi connectivity index (χ4n) is 3.20. The summed E-state index contributed by atoms with van der Waals surface area (Å²) in [4.78, 5) is 34.9. The first-order chi connectivity index (χ1) is 16.7. The van der Waals surface area contributed by atoms with E-state index >= 15 is 0 Å². The van der Waals surface area contributed by atoms with Crippen LogP contribution in [-0.4, -0.2) is 58.1 Å². The Bertz CT molecular complexity index is 1610. The maximum absolute atomic E-state index is 12.6. The molecule has 0 heterocycles. The third kappa shape index (κ3) is 5.77. The highest BCUT2D eigenvalue weighted by atomic mass is 32.2. The van der Waals surface area contributed by atoms with E-state index < -0.39 is 48.0 Å². The monoisotopic (exact) mass is 538 g/mol. The fraction of sp³-hybridized carbons (Fsp3) is 0.0952. The van der Waals surface area contributed by atoms with Crippen LogP contribution in [-0.2, 0) is 29.7 Å². The summed E-state index contributed by atoms with van der Waals surface area (Å²) >= 11 is 0. The van der Waals surface area contributed by atoms with Gasteiger partial charge in [-0.3, -0.25) is 9.11 Å². The standard InChI is InChI=1S/C21H18N2O11S2/c1-33-19(24)12-4-6-17(16(8-12)20(25)34-2)23-21(26)22-13-5-3-11-7-14(35(27,28)29)10-18(15(11)9-13)36(30,31)32/h3-10H,1-2H3,(H2,22,23,26)(H,27,28,29)(H,30,31,32). The molecule has 3 rings (SSSR count). The third-order valence-corrected chi connectivity index (χ3v) is 6.54. The number of anilines is 2. The summed E-state index contributed by atoms with van der Waals surface area (Å²) in [6.07, 6.45) is 0. The molecule has 15 heteroatoms. The average Bonchev–Trinajstić information content (AvgIpc) is 2.81. The van der Waals surface area contributed by atoms with Crippen molar-refractivity contribution in [3.05, 3.63) is 59.7 Å². The van der Waals surface area contributed by atoms with Gasteiger partial charge in [0.2, 0.25) is 0 Å². The van der Waals surface area contributed by atoms with Crippen LogP contribution >= 0.6 is 0 Å². The second-order valence-corrected chi connectivity index (χ2v) is 9.94. The van der Waals surface area contributed by atoms with E-state index in [0.717, 1.165) is 32.4 Å². The van der Waals surface area contributed by atoms with Crippen molar-refractivity contribution >= 4 is 60.4 Å². The van der Waals surface area contributed by atoms with Crippen molar-refractivity contribution < 1.29 is 49.8 Å². The van der Waals surface area contributed by atoms with Crippen molar-refractivity contribution in [1.29, 1.82) is 0 Å². The molecule has 0 unspecified atom stereocenters. The Morgan fingerprint density at radius 3 is 2.03 bits per heavy atom. The Morgan fingerprint density at radius 1 is 0.778 bits per heavy atom. The molecule has 4 N–H and O–H groups in total. The minimum absolute atomic E-state index is 0.0232. The summed E-state index contributed by atoms with van der Waals surface area (Å²) in [5, 5.41) is 4.67. The summed E-state index contributed by atoms with van der Waals surface area (Å²) in [6, 6.07) is 8.10. The highest BCUT2D eigenvalue weighted by Crippen LogP contribution is 2.30. The fourth-order valence-corrected chi connectivity index (χ4v) is 4.55. The van der Waals surface area contributed by atoms with Gasteiger partial charge < -0.3 is 20.1 Å². The normalized spacial score (nSPS) is 11.6. The molecule has 0 aliphatic heterocycles. The molecule has 0 saturated heterocycles. The van der Waals surface area contributed by atoms with Crippen molar-refractivity contribution in [2.24, 2.45) is 0 Å². The van der Waals surface area contributed by atoms with Crippen LogP contribution in [0.1, 0.15) is 20.7 Å². The number of hydrogen-bond acceptors (Lipinski definition) is 9. The molecular formula is C21H18N2O11S2. The number of amides is 2. The first-order valence-electron chi connectivity index (χ1n) is 9.66. The van der Waals surface area contributed by atoms with Gasteiger partial charge in [-0.15, -0.1) is 0 Å². The first kappa shape index (κ1) is 26.6. The van der Waals surface area contributed by atoms with Gasteiger partial charge in [0, 0.05) is 11.1 Å². The number of rotatable bonds is 6. The molecule has 2 amide bonds. The van der Waals surface area contributed by atoms with E-state index in [0.29, 0.717) is 6.07 Å². The van der Waals surface area contributed by atoms with Crippen molar-refractivity contribution in [3.63, 3.8) is 0 Å². The molecule has 3 aromatic rings. The maximum atomic E-state index is 12.6. The smallest absolute Gasteiger partial charge is 0.340 e. The van der Waals surface area contributed by atoms with E-state index in [1.165, 1.54) is 24.3 Å². The number of hydrogen-bond donors (Lipinski definition) is 4. The van der Waals surface area contributed by atoms with Crippen LogP contribution in [0.2, 0.25) is 0 Å². The van der Waals surface area contributed by atoms with Crippen LogP contribution in [0.15, 0.2) is 58.3 Å². The van der Waals surface area contributed by atoms with Crippen LogP contribution in [0.4, 0.5) is 16.2 Å². The molecule has 0 spiro atoms. The highest BCUT2D eigenvalue weighted by Gasteiger charge is 2.21. The predicted molar refractivity (Wildman–Crippen MR) is 125 cm³/mol. The lowest BCUT2D eigenvalue weighted by Crippen LogP contribution is -2.21. The van der Waals surface area contributed by atoms with Crippen LogP contribution < -0.4 is 10.6 Å². The van der Waals surface area contributed by atoms with E-state index in [4.69, 9.17) is 0 Å². The number of carbonyl (C=O) groups is 3. The van der Waals surface area contributed by atoms with Crippen LogP contribution in [0.25, 0.3) is 10.8 Å². The second-order valence-electron chi connectivity index (χ2n) is 7.13. The molecule has 0 fully saturated rings. The number of carbonyl (C=O) groups excluding carboxylic acids is 3. The lowest BCUT2D eigenvalue weighted by Gasteiger charge is -2.13. The van der Waals surface area contributed by atoms with Crippen LogP contribution in [0.5, 0.6) is 0 Å². The van der Waals surface area contributed by atoms with Crippen molar-refractivity contribution in [2.45, 2.75) is 9.79 Å². The number of fused-ring (bicyclic) bond motifs is 1. The molecule has 190 valence electrons. The lowest BCUT2D eigenvalue weighted by molar-refractivity contribution is 0.0600. The van der Waals surface area contributed by atoms with Crippen LogP contribution in [0.3, 0.4) is 0 Å². The Morgan fingerprint density at radius 2 is 1.44 bits per heavy atom. The zero-order chi connectivity index (χ0) is 26.8. The Kier molecular flexibility index (Phi) is 7.30. The summed E-state index contributed by atoms with van der Waals surface area (Å²) in [5.74, 6) is -1.58. The zero-order valence-corrected chi connectivity index (χ0v) is 20.1. The maximum Gasteiger partial charge on any atom is 0.340 e. The Balaban J connectivity index is 1.97. The summed E-state index contributed by atoms with van der Waals surface area (Å²) < 4.78 is 74.7. The predicted octanol–water partition coefficient (Wildman–Crippen LogP) is 2.55. The van der Waals surface area contributed by atoms with E-state index in [9.17, 15) is 40.3 Å². The second kappa shape index (κ2) is 9.90. The number of urea groups is 1. The molecule has 13 nitrogen and oxygen atoms in total. The van der Waals surface area contributed by atoms with Gasteiger partial charge in [0.15, 0.2) is 0 Å². The van der Waals surface area contributed by atoms with Gasteiger partial charge in [-0.05, 0) is 47.9 Å². The SMILES string of the molecule is COC(=O)c1ccc(NC(=O)Nc2ccc3cc(S(=O)(=O)O)cc(S(=O)(=O)O)c3c2)c(C(=O)OC)c1. The van der Waals surface area contributed by atoms with Gasteiger partial charge in [-0.2, -0.15) is 16.8 Å².